The number of aromatic nitrogens is 1. The zero-order chi connectivity index (χ0) is 26.4. The fourth-order valence-electron chi connectivity index (χ4n) is 4.73. The van der Waals surface area contributed by atoms with Gasteiger partial charge >= 0.3 is 5.97 Å². The lowest BCUT2D eigenvalue weighted by Gasteiger charge is -2.25. The molecule has 0 saturated carbocycles. The molecule has 0 fully saturated rings. The van der Waals surface area contributed by atoms with Crippen molar-refractivity contribution in [1.82, 2.24) is 4.57 Å². The van der Waals surface area contributed by atoms with E-state index < -0.39 is 12.0 Å². The smallest absolute Gasteiger partial charge is 0.338 e. The predicted octanol–water partition coefficient (Wildman–Crippen LogP) is 2.93. The van der Waals surface area contributed by atoms with Crippen molar-refractivity contribution in [3.63, 3.8) is 0 Å². The summed E-state index contributed by atoms with van der Waals surface area (Å²) in [7, 11) is 1.69. The molecule has 3 aromatic rings. The first-order valence-corrected chi connectivity index (χ1v) is 12.9. The van der Waals surface area contributed by atoms with Gasteiger partial charge in [-0.25, -0.2) is 9.79 Å². The van der Waals surface area contributed by atoms with E-state index in [1.807, 2.05) is 55.5 Å². The number of ether oxygens (including phenoxy) is 2. The summed E-state index contributed by atoms with van der Waals surface area (Å²) in [5, 5.41) is 0. The summed E-state index contributed by atoms with van der Waals surface area (Å²) >= 11 is 1.16. The number of benzene rings is 2. The minimum atomic E-state index is -0.767. The van der Waals surface area contributed by atoms with Gasteiger partial charge in [-0.05, 0) is 51.5 Å². The highest BCUT2D eigenvalue weighted by molar-refractivity contribution is 7.07. The summed E-state index contributed by atoms with van der Waals surface area (Å²) in [4.78, 5) is 47.2. The largest absolute Gasteiger partial charge is 0.494 e. The molecular weight excluding hydrogens is 490 g/mol. The second-order valence-corrected chi connectivity index (χ2v) is 10.1. The van der Waals surface area contributed by atoms with Gasteiger partial charge in [0.15, 0.2) is 4.80 Å². The van der Waals surface area contributed by atoms with Crippen molar-refractivity contribution in [2.45, 2.75) is 39.8 Å². The molecule has 2 aromatic carbocycles. The number of esters is 1. The lowest BCUT2D eigenvalue weighted by atomic mass is 9.95. The van der Waals surface area contributed by atoms with Gasteiger partial charge in [0.05, 0.1) is 41.3 Å². The molecule has 0 radical (unpaired) electrons. The first-order valence-electron chi connectivity index (χ1n) is 12.1. The summed E-state index contributed by atoms with van der Waals surface area (Å²) < 4.78 is 12.9. The number of amides is 1. The third-order valence-corrected chi connectivity index (χ3v) is 7.40. The van der Waals surface area contributed by atoms with Crippen molar-refractivity contribution in [3.05, 3.63) is 90.6 Å². The lowest BCUT2D eigenvalue weighted by Crippen LogP contribution is -2.41. The van der Waals surface area contributed by atoms with Crippen LogP contribution in [0.4, 0.5) is 5.69 Å². The van der Waals surface area contributed by atoms with E-state index in [0.29, 0.717) is 44.1 Å². The number of thiazole rings is 1. The Labute approximate surface area is 217 Å². The Morgan fingerprint density at radius 1 is 1.11 bits per heavy atom. The quantitative estimate of drug-likeness (QED) is 0.486. The molecule has 1 aromatic heterocycles. The minimum absolute atomic E-state index is 0.251. The van der Waals surface area contributed by atoms with Crippen LogP contribution in [0.25, 0.3) is 5.57 Å². The fraction of sp³-hybridized carbons (Fsp3) is 0.286. The van der Waals surface area contributed by atoms with Gasteiger partial charge in [0.1, 0.15) is 10.3 Å². The van der Waals surface area contributed by atoms with Crippen molar-refractivity contribution >= 4 is 34.5 Å². The molecule has 3 heterocycles. The van der Waals surface area contributed by atoms with Crippen LogP contribution in [-0.2, 0) is 14.3 Å². The van der Waals surface area contributed by atoms with Crippen molar-refractivity contribution in [3.8, 4) is 5.75 Å². The Hall–Kier alpha value is -3.98. The number of nitrogens with zero attached hydrogens (tertiary/aromatic N) is 3. The second kappa shape index (κ2) is 9.48. The average Bonchev–Trinajstić information content (AvgIpc) is 3.31. The van der Waals surface area contributed by atoms with Crippen LogP contribution in [0.15, 0.2) is 69.6 Å². The molecule has 0 N–H and O–H groups in total. The zero-order valence-corrected chi connectivity index (χ0v) is 22.1. The Kier molecular flexibility index (Phi) is 6.33. The SMILES string of the molecule is CCOc1ccc([C@H]2C(C(=O)OC(C)C)=C(C)N=c3s/c(=C4/C(=O)N(C)c5ccccc54)c(=O)n32)cc1. The lowest BCUT2D eigenvalue weighted by molar-refractivity contribution is -0.143. The van der Waals surface area contributed by atoms with Gasteiger partial charge in [-0.2, -0.15) is 0 Å². The number of hydrogen-bond acceptors (Lipinski definition) is 7. The molecule has 1 amide bonds. The Bertz CT molecular complexity index is 1630. The van der Waals surface area contributed by atoms with Gasteiger partial charge in [-0.1, -0.05) is 41.7 Å². The molecule has 0 unspecified atom stereocenters. The molecule has 8 nitrogen and oxygen atoms in total. The second-order valence-electron chi connectivity index (χ2n) is 9.11. The van der Waals surface area contributed by atoms with E-state index in [1.165, 1.54) is 4.57 Å². The van der Waals surface area contributed by atoms with E-state index in [1.54, 1.807) is 32.7 Å². The first kappa shape index (κ1) is 24.7. The molecule has 2 aliphatic rings. The van der Waals surface area contributed by atoms with Gasteiger partial charge in [0.2, 0.25) is 0 Å². The van der Waals surface area contributed by atoms with Crippen molar-refractivity contribution in [2.75, 3.05) is 18.6 Å². The molecule has 37 heavy (non-hydrogen) atoms. The number of fused-ring (bicyclic) bond motifs is 2. The number of carbonyl (C=O) groups excluding carboxylic acids is 2. The molecule has 190 valence electrons. The molecule has 5 rings (SSSR count). The highest BCUT2D eigenvalue weighted by Crippen LogP contribution is 2.35. The molecule has 0 spiro atoms. The van der Waals surface area contributed by atoms with E-state index in [2.05, 4.69) is 4.99 Å². The highest BCUT2D eigenvalue weighted by atomic mass is 32.1. The van der Waals surface area contributed by atoms with Gasteiger partial charge < -0.3 is 14.4 Å². The maximum Gasteiger partial charge on any atom is 0.338 e. The number of anilines is 1. The summed E-state index contributed by atoms with van der Waals surface area (Å²) in [5.41, 5.74) is 2.89. The summed E-state index contributed by atoms with van der Waals surface area (Å²) in [5.74, 6) is -0.0987. The normalized spacial score (nSPS) is 18.1. The van der Waals surface area contributed by atoms with E-state index in [4.69, 9.17) is 9.47 Å². The van der Waals surface area contributed by atoms with E-state index in [9.17, 15) is 14.4 Å². The molecular formula is C28H27N3O5S. The van der Waals surface area contributed by atoms with Crippen LogP contribution < -0.4 is 24.5 Å². The summed E-state index contributed by atoms with van der Waals surface area (Å²) in [6.45, 7) is 7.71. The maximum absolute atomic E-state index is 14.0. The fourth-order valence-corrected chi connectivity index (χ4v) is 5.87. The van der Waals surface area contributed by atoms with Crippen LogP contribution >= 0.6 is 11.3 Å². The molecule has 1 atom stereocenters. The topological polar surface area (TPSA) is 90.2 Å². The van der Waals surface area contributed by atoms with Crippen LogP contribution in [0.5, 0.6) is 5.75 Å². The van der Waals surface area contributed by atoms with Crippen LogP contribution in [0.2, 0.25) is 0 Å². The van der Waals surface area contributed by atoms with Gasteiger partial charge in [0, 0.05) is 12.6 Å². The first-order chi connectivity index (χ1) is 17.7. The van der Waals surface area contributed by atoms with Gasteiger partial charge in [-0.15, -0.1) is 0 Å². The van der Waals surface area contributed by atoms with Crippen molar-refractivity contribution in [1.29, 1.82) is 0 Å². The van der Waals surface area contributed by atoms with Gasteiger partial charge in [-0.3, -0.25) is 14.2 Å². The number of likely N-dealkylation sites (N-methyl/N-ethyl adjacent to an activating group) is 1. The number of rotatable bonds is 5. The van der Waals surface area contributed by atoms with Crippen LogP contribution in [0.1, 0.15) is 44.9 Å². The Morgan fingerprint density at radius 3 is 2.49 bits per heavy atom. The van der Waals surface area contributed by atoms with Crippen LogP contribution in [0, 0.1) is 0 Å². The van der Waals surface area contributed by atoms with Crippen LogP contribution in [-0.4, -0.2) is 36.2 Å². The number of hydrogen-bond donors (Lipinski definition) is 0. The average molecular weight is 518 g/mol. The van der Waals surface area contributed by atoms with Crippen LogP contribution in [0.3, 0.4) is 0 Å². The van der Waals surface area contributed by atoms with E-state index in [0.717, 1.165) is 17.0 Å². The predicted molar refractivity (Wildman–Crippen MR) is 141 cm³/mol. The molecule has 0 bridgehead atoms. The van der Waals surface area contributed by atoms with Crippen molar-refractivity contribution in [2.24, 2.45) is 4.99 Å². The Morgan fingerprint density at radius 2 is 1.81 bits per heavy atom. The highest BCUT2D eigenvalue weighted by Gasteiger charge is 2.36. The van der Waals surface area contributed by atoms with Gasteiger partial charge in [0.25, 0.3) is 11.5 Å². The number of carbonyl (C=O) groups is 2. The molecule has 0 saturated heterocycles. The molecule has 0 aliphatic carbocycles. The van der Waals surface area contributed by atoms with E-state index in [-0.39, 0.29) is 23.1 Å². The minimum Gasteiger partial charge on any atom is -0.494 e. The zero-order valence-electron chi connectivity index (χ0n) is 21.3. The Balaban J connectivity index is 1.78. The standard InChI is InChI=1S/C28H27N3O5S/c1-6-35-18-13-11-17(12-14-18)23-21(27(34)36-15(2)3)16(4)29-28-31(23)26(33)24(37-28)22-19-9-7-8-10-20(19)30(5)25(22)32/h7-15,23H,6H2,1-5H3/b24-22+/t23-/m0/s1. The summed E-state index contributed by atoms with van der Waals surface area (Å²) in [6.07, 6.45) is -0.344. The number of para-hydroxylation sites is 1. The monoisotopic (exact) mass is 517 g/mol. The summed E-state index contributed by atoms with van der Waals surface area (Å²) in [6, 6.07) is 13.9. The van der Waals surface area contributed by atoms with Crippen molar-refractivity contribution < 1.29 is 19.1 Å². The molecule has 2 aliphatic heterocycles. The molecule has 9 heteroatoms. The van der Waals surface area contributed by atoms with E-state index >= 15 is 0 Å². The third kappa shape index (κ3) is 4.09. The third-order valence-electron chi connectivity index (χ3n) is 6.35. The maximum atomic E-state index is 14.0. The number of allylic oxidation sites excluding steroid dienone is 1.